The molecule has 3 aromatic rings. The van der Waals surface area contributed by atoms with E-state index >= 15 is 0 Å². The molecule has 3 heterocycles. The minimum Gasteiger partial charge on any atom is -0.448 e. The molecule has 38 heavy (non-hydrogen) atoms. The zero-order valence-corrected chi connectivity index (χ0v) is 23.9. The van der Waals surface area contributed by atoms with Crippen molar-refractivity contribution >= 4 is 29.3 Å². The van der Waals surface area contributed by atoms with Gasteiger partial charge >= 0.3 is 0 Å². The van der Waals surface area contributed by atoms with Crippen LogP contribution in [0.3, 0.4) is 0 Å². The van der Waals surface area contributed by atoms with E-state index in [0.717, 1.165) is 36.3 Å². The molecule has 2 aromatic heterocycles. The third kappa shape index (κ3) is 4.94. The van der Waals surface area contributed by atoms with Crippen LogP contribution in [0.25, 0.3) is 0 Å². The van der Waals surface area contributed by atoms with E-state index in [1.807, 2.05) is 51.0 Å². The number of carbonyl (C=O) groups excluding carboxylic acids is 1. The van der Waals surface area contributed by atoms with Gasteiger partial charge in [0.1, 0.15) is 0 Å². The number of benzene rings is 1. The van der Waals surface area contributed by atoms with Gasteiger partial charge < -0.3 is 19.8 Å². The number of pyridine rings is 1. The maximum atomic E-state index is 13.2. The quantitative estimate of drug-likeness (QED) is 0.389. The lowest BCUT2D eigenvalue weighted by atomic mass is 9.76. The Morgan fingerprint density at radius 3 is 2.61 bits per heavy atom. The minimum absolute atomic E-state index is 0.105. The fraction of sp³-hybridized carbons (Fsp3) is 0.464. The fourth-order valence-corrected chi connectivity index (χ4v) is 6.59. The lowest BCUT2D eigenvalue weighted by molar-refractivity contribution is -0.121. The lowest BCUT2D eigenvalue weighted by Crippen LogP contribution is -2.44. The van der Waals surface area contributed by atoms with Crippen molar-refractivity contribution in [3.8, 4) is 11.5 Å². The predicted octanol–water partition coefficient (Wildman–Crippen LogP) is 5.49. The number of nitrogens with one attached hydrogen (secondary N) is 2. The van der Waals surface area contributed by atoms with Gasteiger partial charge in [-0.05, 0) is 69.4 Å². The van der Waals surface area contributed by atoms with E-state index in [0.29, 0.717) is 39.1 Å². The van der Waals surface area contributed by atoms with Gasteiger partial charge in [0.2, 0.25) is 0 Å². The molecule has 2 aliphatic rings. The third-order valence-corrected chi connectivity index (χ3v) is 8.92. The Labute approximate surface area is 231 Å². The number of aryl methyl sites for hydroxylation is 2. The summed E-state index contributed by atoms with van der Waals surface area (Å²) in [5.74, 6) is 0.492. The number of carbonyl (C=O) groups is 1. The number of fused-ring (bicyclic) bond motifs is 1. The molecule has 0 saturated heterocycles. The monoisotopic (exact) mass is 556 g/mol. The first kappa shape index (κ1) is 26.7. The summed E-state index contributed by atoms with van der Waals surface area (Å²) in [5.41, 5.74) is 3.44. The number of halogens is 1. The largest absolute Gasteiger partial charge is 0.448 e. The van der Waals surface area contributed by atoms with Crippen LogP contribution in [0.2, 0.25) is 5.02 Å². The number of hydrogen-bond donors (Lipinski definition) is 2. The molecule has 202 valence electrons. The van der Waals surface area contributed by atoms with E-state index in [1.165, 1.54) is 17.3 Å². The normalized spacial score (nSPS) is 22.5. The SMILES string of the molecule is CSc1cc(C)[nH]c(=O)c1CNC(=O)c1cc(Cl)c2c(c1C)O[C@](C)([C@H]1CC[C@@H](c3cnn(C)c3)CC1)O2. The standard InChI is InChI=1S/C28H33ClN4O4S/c1-15-10-23(38-5)21(27(35)32-15)13-30-26(34)20-11-22(29)25-24(16(20)2)36-28(3,37-25)19-8-6-17(7-9-19)18-12-31-33(4)14-18/h10-12,14,17,19H,6-9,13H2,1-5H3,(H,30,34)(H,32,35)/t17-,19+,28-/m0/s1. The van der Waals surface area contributed by atoms with Crippen LogP contribution in [-0.2, 0) is 13.6 Å². The zero-order chi connectivity index (χ0) is 27.2. The molecule has 1 saturated carbocycles. The Balaban J connectivity index is 1.30. The van der Waals surface area contributed by atoms with Crippen molar-refractivity contribution in [2.24, 2.45) is 13.0 Å². The Hall–Kier alpha value is -2.91. The van der Waals surface area contributed by atoms with Crippen LogP contribution < -0.4 is 20.3 Å². The number of nitrogens with zero attached hydrogens (tertiary/aromatic N) is 2. The molecular weight excluding hydrogens is 524 g/mol. The second kappa shape index (κ2) is 10.3. The van der Waals surface area contributed by atoms with Crippen LogP contribution in [0.4, 0.5) is 0 Å². The van der Waals surface area contributed by atoms with Gasteiger partial charge in [-0.15, -0.1) is 11.8 Å². The van der Waals surface area contributed by atoms with E-state index in [2.05, 4.69) is 21.6 Å². The number of thioether (sulfide) groups is 1. The average molecular weight is 557 g/mol. The number of aromatic amines is 1. The van der Waals surface area contributed by atoms with Gasteiger partial charge in [-0.25, -0.2) is 0 Å². The minimum atomic E-state index is -0.853. The van der Waals surface area contributed by atoms with Crippen LogP contribution in [0, 0.1) is 19.8 Å². The number of aromatic nitrogens is 3. The molecule has 0 unspecified atom stereocenters. The van der Waals surface area contributed by atoms with Gasteiger partial charge in [0.25, 0.3) is 17.3 Å². The maximum absolute atomic E-state index is 13.2. The van der Waals surface area contributed by atoms with Crippen molar-refractivity contribution in [1.82, 2.24) is 20.1 Å². The van der Waals surface area contributed by atoms with Crippen molar-refractivity contribution in [2.45, 2.75) is 69.6 Å². The van der Waals surface area contributed by atoms with E-state index in [1.54, 1.807) is 6.07 Å². The van der Waals surface area contributed by atoms with Gasteiger partial charge in [-0.2, -0.15) is 5.10 Å². The van der Waals surface area contributed by atoms with Crippen molar-refractivity contribution < 1.29 is 14.3 Å². The van der Waals surface area contributed by atoms with Crippen molar-refractivity contribution in [3.63, 3.8) is 0 Å². The van der Waals surface area contributed by atoms with Crippen LogP contribution >= 0.6 is 23.4 Å². The summed E-state index contributed by atoms with van der Waals surface area (Å²) in [6, 6.07) is 3.52. The molecule has 10 heteroatoms. The second-order valence-electron chi connectivity index (χ2n) is 10.4. The van der Waals surface area contributed by atoms with E-state index in [9.17, 15) is 9.59 Å². The molecule has 1 atom stereocenters. The molecule has 1 fully saturated rings. The highest BCUT2D eigenvalue weighted by Gasteiger charge is 2.47. The highest BCUT2D eigenvalue weighted by atomic mass is 35.5. The summed E-state index contributed by atoms with van der Waals surface area (Å²) in [4.78, 5) is 29.3. The Morgan fingerprint density at radius 2 is 1.95 bits per heavy atom. The van der Waals surface area contributed by atoms with Gasteiger partial charge in [0, 0.05) is 59.9 Å². The molecular formula is C28H33ClN4O4S. The summed E-state index contributed by atoms with van der Waals surface area (Å²) >= 11 is 8.09. The Bertz CT molecular complexity index is 1440. The number of rotatable bonds is 6. The zero-order valence-electron chi connectivity index (χ0n) is 22.3. The van der Waals surface area contributed by atoms with E-state index in [4.69, 9.17) is 21.1 Å². The highest BCUT2D eigenvalue weighted by Crippen LogP contribution is 2.52. The molecule has 1 aliphatic heterocycles. The molecule has 0 spiro atoms. The summed E-state index contributed by atoms with van der Waals surface area (Å²) in [5, 5.41) is 7.54. The van der Waals surface area contributed by atoms with Gasteiger partial charge in [-0.1, -0.05) is 11.6 Å². The molecule has 1 amide bonds. The van der Waals surface area contributed by atoms with Crippen LogP contribution in [0.1, 0.15) is 71.3 Å². The predicted molar refractivity (Wildman–Crippen MR) is 149 cm³/mol. The first-order valence-corrected chi connectivity index (χ1v) is 14.4. The van der Waals surface area contributed by atoms with Crippen molar-refractivity contribution in [3.05, 3.63) is 67.9 Å². The summed E-state index contributed by atoms with van der Waals surface area (Å²) in [6.45, 7) is 5.74. The Morgan fingerprint density at radius 1 is 1.24 bits per heavy atom. The molecule has 2 N–H and O–H groups in total. The first-order valence-electron chi connectivity index (χ1n) is 12.8. The molecule has 8 nitrogen and oxygen atoms in total. The van der Waals surface area contributed by atoms with Crippen LogP contribution in [0.5, 0.6) is 11.5 Å². The highest BCUT2D eigenvalue weighted by molar-refractivity contribution is 7.98. The van der Waals surface area contributed by atoms with Crippen LogP contribution in [-0.4, -0.2) is 32.7 Å². The topological polar surface area (TPSA) is 98.2 Å². The molecule has 0 radical (unpaired) electrons. The molecule has 5 rings (SSSR count). The third-order valence-electron chi connectivity index (χ3n) is 7.83. The smallest absolute Gasteiger partial charge is 0.254 e. The van der Waals surface area contributed by atoms with Crippen molar-refractivity contribution in [2.75, 3.05) is 6.26 Å². The van der Waals surface area contributed by atoms with Gasteiger partial charge in [0.05, 0.1) is 11.2 Å². The summed E-state index contributed by atoms with van der Waals surface area (Å²) in [6.07, 6.45) is 9.93. The lowest BCUT2D eigenvalue weighted by Gasteiger charge is -2.37. The summed E-state index contributed by atoms with van der Waals surface area (Å²) in [7, 11) is 1.94. The van der Waals surface area contributed by atoms with E-state index < -0.39 is 5.79 Å². The number of hydrogen-bond acceptors (Lipinski definition) is 6. The molecule has 1 aliphatic carbocycles. The van der Waals surface area contributed by atoms with Crippen LogP contribution in [0.15, 0.2) is 34.2 Å². The number of ether oxygens (including phenoxy) is 2. The summed E-state index contributed by atoms with van der Waals surface area (Å²) < 4.78 is 14.7. The van der Waals surface area contributed by atoms with Gasteiger partial charge in [-0.3, -0.25) is 14.3 Å². The second-order valence-corrected chi connectivity index (χ2v) is 11.7. The molecule has 1 aromatic carbocycles. The molecule has 0 bridgehead atoms. The van der Waals surface area contributed by atoms with Gasteiger partial charge in [0.15, 0.2) is 11.5 Å². The van der Waals surface area contributed by atoms with E-state index in [-0.39, 0.29) is 23.9 Å². The number of amides is 1. The maximum Gasteiger partial charge on any atom is 0.254 e. The average Bonchev–Trinajstić information content (AvgIpc) is 3.49. The van der Waals surface area contributed by atoms with Crippen molar-refractivity contribution in [1.29, 1.82) is 0 Å². The fourth-order valence-electron chi connectivity index (χ4n) is 5.65. The first-order chi connectivity index (χ1) is 18.1. The number of H-pyrrole nitrogens is 1. The Kier molecular flexibility index (Phi) is 7.26.